The number of benzene rings is 1. The number of rotatable bonds is 5. The highest BCUT2D eigenvalue weighted by Gasteiger charge is 2.18. The Morgan fingerprint density at radius 2 is 1.57 bits per heavy atom. The van der Waals surface area contributed by atoms with Gasteiger partial charge in [0.2, 0.25) is 5.88 Å². The van der Waals surface area contributed by atoms with Crippen molar-refractivity contribution in [3.63, 3.8) is 0 Å². The summed E-state index contributed by atoms with van der Waals surface area (Å²) in [4.78, 5) is 23.7. The molecule has 0 saturated carbocycles. The molecule has 0 fully saturated rings. The van der Waals surface area contributed by atoms with Gasteiger partial charge in [0.1, 0.15) is 11.5 Å². The normalized spacial score (nSPS) is 10.1. The SMILES string of the molecule is COC(=O)c1cc(OC(=O)c2cc(OC)cc(OC)c2)n(C)n1. The topological polar surface area (TPSA) is 88.9 Å². The van der Waals surface area contributed by atoms with Crippen LogP contribution in [-0.2, 0) is 11.8 Å². The summed E-state index contributed by atoms with van der Waals surface area (Å²) < 4.78 is 21.3. The Morgan fingerprint density at radius 3 is 2.09 bits per heavy atom. The molecule has 23 heavy (non-hydrogen) atoms. The molecule has 0 N–H and O–H groups in total. The minimum absolute atomic E-state index is 0.0426. The molecule has 2 aromatic rings. The van der Waals surface area contributed by atoms with Gasteiger partial charge in [-0.15, -0.1) is 0 Å². The molecule has 0 amide bonds. The Kier molecular flexibility index (Phi) is 4.85. The van der Waals surface area contributed by atoms with E-state index in [1.54, 1.807) is 13.1 Å². The van der Waals surface area contributed by atoms with Crippen LogP contribution in [0.2, 0.25) is 0 Å². The monoisotopic (exact) mass is 320 g/mol. The van der Waals surface area contributed by atoms with Crippen LogP contribution >= 0.6 is 0 Å². The molecule has 0 unspecified atom stereocenters. The number of aryl methyl sites for hydroxylation is 1. The second-order valence-electron chi connectivity index (χ2n) is 4.47. The van der Waals surface area contributed by atoms with Crippen molar-refractivity contribution in [3.05, 3.63) is 35.5 Å². The predicted molar refractivity (Wildman–Crippen MR) is 79.1 cm³/mol. The van der Waals surface area contributed by atoms with Crippen LogP contribution in [0.15, 0.2) is 24.3 Å². The number of methoxy groups -OCH3 is 3. The highest BCUT2D eigenvalue weighted by Crippen LogP contribution is 2.24. The number of aromatic nitrogens is 2. The second kappa shape index (κ2) is 6.82. The lowest BCUT2D eigenvalue weighted by molar-refractivity contribution is 0.0592. The van der Waals surface area contributed by atoms with E-state index in [2.05, 4.69) is 9.84 Å². The molecule has 0 aliphatic heterocycles. The summed E-state index contributed by atoms with van der Waals surface area (Å²) in [6.45, 7) is 0. The summed E-state index contributed by atoms with van der Waals surface area (Å²) in [5, 5.41) is 3.91. The van der Waals surface area contributed by atoms with Gasteiger partial charge in [-0.3, -0.25) is 0 Å². The van der Waals surface area contributed by atoms with E-state index in [1.807, 2.05) is 0 Å². The van der Waals surface area contributed by atoms with Crippen LogP contribution in [0.25, 0.3) is 0 Å². The zero-order chi connectivity index (χ0) is 17.0. The summed E-state index contributed by atoms with van der Waals surface area (Å²) in [6.07, 6.45) is 0. The number of ether oxygens (including phenoxy) is 4. The van der Waals surface area contributed by atoms with Crippen molar-refractivity contribution in [2.45, 2.75) is 0 Å². The number of esters is 2. The zero-order valence-corrected chi connectivity index (χ0v) is 13.2. The maximum atomic E-state index is 12.3. The van der Waals surface area contributed by atoms with Crippen molar-refractivity contribution in [2.75, 3.05) is 21.3 Å². The first-order valence-corrected chi connectivity index (χ1v) is 6.56. The van der Waals surface area contributed by atoms with E-state index < -0.39 is 11.9 Å². The molecular formula is C15H16N2O6. The molecule has 0 aliphatic carbocycles. The fraction of sp³-hybridized carbons (Fsp3) is 0.267. The number of hydrogen-bond acceptors (Lipinski definition) is 7. The van der Waals surface area contributed by atoms with Gasteiger partial charge in [0.05, 0.1) is 26.9 Å². The molecule has 1 heterocycles. The van der Waals surface area contributed by atoms with E-state index in [0.717, 1.165) is 0 Å². The Labute approximate surface area is 132 Å². The number of carbonyl (C=O) groups is 2. The number of carbonyl (C=O) groups excluding carboxylic acids is 2. The van der Waals surface area contributed by atoms with E-state index in [9.17, 15) is 9.59 Å². The molecule has 0 aliphatic rings. The molecule has 0 bridgehead atoms. The molecule has 122 valence electrons. The maximum absolute atomic E-state index is 12.3. The fourth-order valence-electron chi connectivity index (χ4n) is 1.83. The minimum atomic E-state index is -0.637. The summed E-state index contributed by atoms with van der Waals surface area (Å²) >= 11 is 0. The molecular weight excluding hydrogens is 304 g/mol. The molecule has 8 nitrogen and oxygen atoms in total. The predicted octanol–water partition coefficient (Wildman–Crippen LogP) is 1.44. The second-order valence-corrected chi connectivity index (χ2v) is 4.47. The molecule has 1 aromatic carbocycles. The van der Waals surface area contributed by atoms with E-state index in [1.165, 1.54) is 44.2 Å². The van der Waals surface area contributed by atoms with Crippen molar-refractivity contribution in [2.24, 2.45) is 7.05 Å². The quantitative estimate of drug-likeness (QED) is 0.770. The lowest BCUT2D eigenvalue weighted by atomic mass is 10.2. The first kappa shape index (κ1) is 16.3. The summed E-state index contributed by atoms with van der Waals surface area (Å²) in [5.41, 5.74) is 0.281. The van der Waals surface area contributed by atoms with Gasteiger partial charge in [0.25, 0.3) is 0 Å². The van der Waals surface area contributed by atoms with E-state index in [4.69, 9.17) is 14.2 Å². The Balaban J connectivity index is 2.25. The lowest BCUT2D eigenvalue weighted by Crippen LogP contribution is -2.11. The van der Waals surface area contributed by atoms with Crippen molar-refractivity contribution in [3.8, 4) is 17.4 Å². The van der Waals surface area contributed by atoms with E-state index in [-0.39, 0.29) is 17.1 Å². The zero-order valence-electron chi connectivity index (χ0n) is 13.2. The third kappa shape index (κ3) is 3.60. The van der Waals surface area contributed by atoms with Gasteiger partial charge < -0.3 is 18.9 Å². The Hall–Kier alpha value is -3.03. The van der Waals surface area contributed by atoms with Crippen molar-refractivity contribution >= 4 is 11.9 Å². The number of nitrogens with zero attached hydrogens (tertiary/aromatic N) is 2. The Bertz CT molecular complexity index is 715. The van der Waals surface area contributed by atoms with Gasteiger partial charge in [-0.05, 0) is 12.1 Å². The minimum Gasteiger partial charge on any atom is -0.497 e. The van der Waals surface area contributed by atoms with Crippen LogP contribution in [0, 0.1) is 0 Å². The van der Waals surface area contributed by atoms with Gasteiger partial charge in [-0.1, -0.05) is 0 Å². The van der Waals surface area contributed by atoms with Crippen LogP contribution in [0.1, 0.15) is 20.8 Å². The van der Waals surface area contributed by atoms with E-state index >= 15 is 0 Å². The fourth-order valence-corrected chi connectivity index (χ4v) is 1.83. The average molecular weight is 320 g/mol. The Morgan fingerprint density at radius 1 is 0.957 bits per heavy atom. The van der Waals surface area contributed by atoms with Crippen LogP contribution in [0.4, 0.5) is 0 Å². The van der Waals surface area contributed by atoms with E-state index in [0.29, 0.717) is 11.5 Å². The van der Waals surface area contributed by atoms with Gasteiger partial charge in [-0.2, -0.15) is 5.10 Å². The smallest absolute Gasteiger partial charge is 0.358 e. The standard InChI is InChI=1S/C15H16N2O6/c1-17-13(8-12(16-17)15(19)22-4)23-14(18)9-5-10(20-2)7-11(6-9)21-3/h5-8H,1-4H3. The van der Waals surface area contributed by atoms with Gasteiger partial charge in [0.15, 0.2) is 5.69 Å². The third-order valence-electron chi connectivity index (χ3n) is 3.02. The summed E-state index contributed by atoms with van der Waals surface area (Å²) in [6, 6.07) is 5.99. The molecule has 0 atom stereocenters. The summed E-state index contributed by atoms with van der Waals surface area (Å²) in [7, 11) is 5.74. The highest BCUT2D eigenvalue weighted by atomic mass is 16.5. The average Bonchev–Trinajstić information content (AvgIpc) is 2.94. The molecule has 0 saturated heterocycles. The maximum Gasteiger partial charge on any atom is 0.358 e. The van der Waals surface area contributed by atoms with Crippen LogP contribution in [0.5, 0.6) is 17.4 Å². The first-order valence-electron chi connectivity index (χ1n) is 6.56. The van der Waals surface area contributed by atoms with Crippen LogP contribution in [0.3, 0.4) is 0 Å². The molecule has 0 radical (unpaired) electrons. The van der Waals surface area contributed by atoms with Crippen molar-refractivity contribution < 1.29 is 28.5 Å². The number of hydrogen-bond donors (Lipinski definition) is 0. The molecule has 2 rings (SSSR count). The molecule has 8 heteroatoms. The molecule has 0 spiro atoms. The first-order chi connectivity index (χ1) is 11.0. The molecule has 1 aromatic heterocycles. The van der Waals surface area contributed by atoms with Crippen molar-refractivity contribution in [1.29, 1.82) is 0 Å². The third-order valence-corrected chi connectivity index (χ3v) is 3.02. The lowest BCUT2D eigenvalue weighted by Gasteiger charge is -2.08. The van der Waals surface area contributed by atoms with Gasteiger partial charge in [0, 0.05) is 19.2 Å². The van der Waals surface area contributed by atoms with Gasteiger partial charge >= 0.3 is 11.9 Å². The largest absolute Gasteiger partial charge is 0.497 e. The van der Waals surface area contributed by atoms with Crippen LogP contribution < -0.4 is 14.2 Å². The highest BCUT2D eigenvalue weighted by molar-refractivity contribution is 5.92. The summed E-state index contributed by atoms with van der Waals surface area (Å²) in [5.74, 6) is -0.238. The van der Waals surface area contributed by atoms with Gasteiger partial charge in [-0.25, -0.2) is 14.3 Å². The van der Waals surface area contributed by atoms with Crippen LogP contribution in [-0.4, -0.2) is 43.0 Å². The van der Waals surface area contributed by atoms with Crippen molar-refractivity contribution in [1.82, 2.24) is 9.78 Å².